The maximum Gasteiger partial charge on any atom is 0.222 e. The second kappa shape index (κ2) is 4.57. The van der Waals surface area contributed by atoms with Crippen LogP contribution in [0.15, 0.2) is 24.4 Å². The van der Waals surface area contributed by atoms with Crippen molar-refractivity contribution in [2.75, 3.05) is 6.54 Å². The molecular weight excluding hydrogens is 166 g/mol. The van der Waals surface area contributed by atoms with Gasteiger partial charge in [0, 0.05) is 24.9 Å². The number of nitrogens with zero attached hydrogens (tertiary/aromatic N) is 1. The van der Waals surface area contributed by atoms with Crippen LogP contribution in [-0.4, -0.2) is 17.4 Å². The summed E-state index contributed by atoms with van der Waals surface area (Å²) in [6.07, 6.45) is 2.20. The van der Waals surface area contributed by atoms with Crippen LogP contribution in [0.2, 0.25) is 0 Å². The smallest absolute Gasteiger partial charge is 0.222 e. The van der Waals surface area contributed by atoms with Gasteiger partial charge in [-0.3, -0.25) is 9.78 Å². The van der Waals surface area contributed by atoms with E-state index in [9.17, 15) is 4.79 Å². The molecule has 1 unspecified atom stereocenters. The highest BCUT2D eigenvalue weighted by molar-refractivity contribution is 5.77. The van der Waals surface area contributed by atoms with Crippen LogP contribution in [0.3, 0.4) is 0 Å². The van der Waals surface area contributed by atoms with Gasteiger partial charge in [0.2, 0.25) is 5.91 Å². The number of carbonyl (C=O) groups excluding carboxylic acids is 1. The Labute approximate surface area is 77.0 Å². The van der Waals surface area contributed by atoms with Gasteiger partial charge in [0.05, 0.1) is 5.92 Å². The van der Waals surface area contributed by atoms with Crippen molar-refractivity contribution < 1.29 is 4.79 Å². The molecule has 0 saturated heterocycles. The quantitative estimate of drug-likeness (QED) is 0.664. The van der Waals surface area contributed by atoms with Crippen LogP contribution in [0.25, 0.3) is 0 Å². The average Bonchev–Trinajstić information content (AvgIpc) is 2.15. The number of aromatic nitrogens is 1. The number of hydrogen-bond donors (Lipinski definition) is 2. The molecule has 0 aliphatic heterocycles. The average molecular weight is 179 g/mol. The van der Waals surface area contributed by atoms with Crippen molar-refractivity contribution in [3.63, 3.8) is 0 Å². The fourth-order valence-electron chi connectivity index (χ4n) is 1.07. The highest BCUT2D eigenvalue weighted by Crippen LogP contribution is 2.03. The molecule has 70 valence electrons. The molecule has 1 aromatic heterocycles. The summed E-state index contributed by atoms with van der Waals surface area (Å²) < 4.78 is 0. The summed E-state index contributed by atoms with van der Waals surface area (Å²) in [6, 6.07) is 5.55. The number of amides is 1. The van der Waals surface area contributed by atoms with Gasteiger partial charge >= 0.3 is 0 Å². The first-order valence-electron chi connectivity index (χ1n) is 4.13. The highest BCUT2D eigenvalue weighted by atomic mass is 16.1. The Morgan fingerprint density at radius 1 is 1.54 bits per heavy atom. The van der Waals surface area contributed by atoms with E-state index in [1.54, 1.807) is 6.20 Å². The first kappa shape index (κ1) is 9.67. The molecule has 0 aliphatic carbocycles. The largest absolute Gasteiger partial charge is 0.369 e. The van der Waals surface area contributed by atoms with Crippen molar-refractivity contribution >= 4 is 5.91 Å². The molecule has 1 amide bonds. The third kappa shape index (κ3) is 2.83. The Morgan fingerprint density at radius 2 is 2.31 bits per heavy atom. The van der Waals surface area contributed by atoms with Gasteiger partial charge in [-0.25, -0.2) is 0 Å². The van der Waals surface area contributed by atoms with Crippen molar-refractivity contribution in [2.45, 2.75) is 6.42 Å². The first-order chi connectivity index (χ1) is 6.24. The molecule has 4 N–H and O–H groups in total. The summed E-state index contributed by atoms with van der Waals surface area (Å²) in [5.41, 5.74) is 11.4. The van der Waals surface area contributed by atoms with Crippen molar-refractivity contribution in [3.05, 3.63) is 30.1 Å². The molecule has 1 heterocycles. The van der Waals surface area contributed by atoms with E-state index in [1.807, 2.05) is 18.2 Å². The molecule has 0 aliphatic rings. The fraction of sp³-hybridized carbons (Fsp3) is 0.333. The highest BCUT2D eigenvalue weighted by Gasteiger charge is 2.13. The third-order valence-electron chi connectivity index (χ3n) is 1.87. The van der Waals surface area contributed by atoms with E-state index in [0.717, 1.165) is 5.69 Å². The second-order valence-corrected chi connectivity index (χ2v) is 2.86. The monoisotopic (exact) mass is 179 g/mol. The minimum Gasteiger partial charge on any atom is -0.369 e. The van der Waals surface area contributed by atoms with Gasteiger partial charge in [-0.1, -0.05) is 6.07 Å². The molecule has 0 bridgehead atoms. The summed E-state index contributed by atoms with van der Waals surface area (Å²) in [7, 11) is 0. The minimum atomic E-state index is -0.367. The number of rotatable bonds is 4. The van der Waals surface area contributed by atoms with Crippen molar-refractivity contribution in [1.29, 1.82) is 0 Å². The van der Waals surface area contributed by atoms with E-state index in [4.69, 9.17) is 11.5 Å². The summed E-state index contributed by atoms with van der Waals surface area (Å²) in [5, 5.41) is 0. The molecule has 0 saturated carbocycles. The SMILES string of the molecule is NCC(Cc1ccccn1)C(N)=O. The number of hydrogen-bond acceptors (Lipinski definition) is 3. The number of nitrogens with two attached hydrogens (primary N) is 2. The standard InChI is InChI=1S/C9H13N3O/c10-6-7(9(11)13)5-8-3-1-2-4-12-8/h1-4,7H,5-6,10H2,(H2,11,13). The van der Waals surface area contributed by atoms with Gasteiger partial charge in [0.1, 0.15) is 0 Å². The molecule has 1 rings (SSSR count). The third-order valence-corrected chi connectivity index (χ3v) is 1.87. The molecule has 1 aromatic rings. The maximum absolute atomic E-state index is 10.8. The number of carbonyl (C=O) groups is 1. The Bertz CT molecular complexity index is 273. The van der Waals surface area contributed by atoms with E-state index in [0.29, 0.717) is 6.42 Å². The second-order valence-electron chi connectivity index (χ2n) is 2.86. The van der Waals surface area contributed by atoms with Gasteiger partial charge in [-0.05, 0) is 12.1 Å². The summed E-state index contributed by atoms with van der Waals surface area (Å²) >= 11 is 0. The predicted octanol–water partition coefficient (Wildman–Crippen LogP) is -0.316. The normalized spacial score (nSPS) is 12.4. The van der Waals surface area contributed by atoms with E-state index in [1.165, 1.54) is 0 Å². The zero-order valence-electron chi connectivity index (χ0n) is 7.31. The minimum absolute atomic E-state index is 0.270. The first-order valence-corrected chi connectivity index (χ1v) is 4.13. The molecular formula is C9H13N3O. The topological polar surface area (TPSA) is 82.0 Å². The summed E-state index contributed by atoms with van der Waals surface area (Å²) in [4.78, 5) is 14.9. The van der Waals surface area contributed by atoms with Crippen LogP contribution in [0.5, 0.6) is 0 Å². The van der Waals surface area contributed by atoms with Crippen LogP contribution in [0.1, 0.15) is 5.69 Å². The molecule has 0 radical (unpaired) electrons. The van der Waals surface area contributed by atoms with Gasteiger partial charge in [-0.15, -0.1) is 0 Å². The Morgan fingerprint density at radius 3 is 2.77 bits per heavy atom. The molecule has 0 fully saturated rings. The zero-order valence-corrected chi connectivity index (χ0v) is 7.31. The molecule has 1 atom stereocenters. The molecule has 4 heteroatoms. The van der Waals surface area contributed by atoms with Crippen molar-refractivity contribution in [2.24, 2.45) is 17.4 Å². The Kier molecular flexibility index (Phi) is 3.40. The summed E-state index contributed by atoms with van der Waals surface area (Å²) in [6.45, 7) is 0.270. The van der Waals surface area contributed by atoms with Gasteiger partial charge < -0.3 is 11.5 Å². The van der Waals surface area contributed by atoms with E-state index >= 15 is 0 Å². The Balaban J connectivity index is 2.62. The number of primary amides is 1. The van der Waals surface area contributed by atoms with Crippen LogP contribution >= 0.6 is 0 Å². The fourth-order valence-corrected chi connectivity index (χ4v) is 1.07. The lowest BCUT2D eigenvalue weighted by atomic mass is 10.0. The molecule has 4 nitrogen and oxygen atoms in total. The zero-order chi connectivity index (χ0) is 9.68. The molecule has 0 spiro atoms. The van der Waals surface area contributed by atoms with E-state index in [-0.39, 0.29) is 18.4 Å². The van der Waals surface area contributed by atoms with Crippen LogP contribution in [0, 0.1) is 5.92 Å². The molecule has 0 aromatic carbocycles. The number of pyridine rings is 1. The van der Waals surface area contributed by atoms with Crippen LogP contribution in [0.4, 0.5) is 0 Å². The maximum atomic E-state index is 10.8. The van der Waals surface area contributed by atoms with Crippen LogP contribution in [-0.2, 0) is 11.2 Å². The lowest BCUT2D eigenvalue weighted by Gasteiger charge is -2.08. The van der Waals surface area contributed by atoms with Crippen molar-refractivity contribution in [1.82, 2.24) is 4.98 Å². The van der Waals surface area contributed by atoms with E-state index in [2.05, 4.69) is 4.98 Å². The lowest BCUT2D eigenvalue weighted by Crippen LogP contribution is -2.31. The van der Waals surface area contributed by atoms with Gasteiger partial charge in [0.15, 0.2) is 0 Å². The van der Waals surface area contributed by atoms with Gasteiger partial charge in [0.25, 0.3) is 0 Å². The van der Waals surface area contributed by atoms with Crippen LogP contribution < -0.4 is 11.5 Å². The Hall–Kier alpha value is -1.42. The lowest BCUT2D eigenvalue weighted by molar-refractivity contribution is -0.121. The van der Waals surface area contributed by atoms with Crippen molar-refractivity contribution in [3.8, 4) is 0 Å². The predicted molar refractivity (Wildman–Crippen MR) is 49.7 cm³/mol. The summed E-state index contributed by atoms with van der Waals surface area (Å²) in [5.74, 6) is -0.678. The molecule has 13 heavy (non-hydrogen) atoms. The van der Waals surface area contributed by atoms with Gasteiger partial charge in [-0.2, -0.15) is 0 Å². The van der Waals surface area contributed by atoms with E-state index < -0.39 is 0 Å².